The first kappa shape index (κ1) is 11.4. The molecule has 0 aromatic carbocycles. The van der Waals surface area contributed by atoms with Gasteiger partial charge in [0.15, 0.2) is 0 Å². The van der Waals surface area contributed by atoms with E-state index in [-0.39, 0.29) is 23.6 Å². The summed E-state index contributed by atoms with van der Waals surface area (Å²) in [7, 11) is 0. The lowest BCUT2D eigenvalue weighted by Gasteiger charge is -2.01. The van der Waals surface area contributed by atoms with Crippen LogP contribution in [0.5, 0.6) is 0 Å². The number of aliphatic hydroxyl groups is 1. The molecule has 0 saturated heterocycles. The fourth-order valence-corrected chi connectivity index (χ4v) is 0.739. The van der Waals surface area contributed by atoms with Gasteiger partial charge in [-0.3, -0.25) is 10.1 Å². The van der Waals surface area contributed by atoms with Gasteiger partial charge in [0.1, 0.15) is 5.76 Å². The molecule has 0 fully saturated rings. The zero-order valence-corrected chi connectivity index (χ0v) is 7.36. The summed E-state index contributed by atoms with van der Waals surface area (Å²) < 4.78 is 0. The second-order valence-corrected chi connectivity index (χ2v) is 2.27. The lowest BCUT2D eigenvalue weighted by atomic mass is 10.1. The normalized spacial score (nSPS) is 12.8. The highest BCUT2D eigenvalue weighted by molar-refractivity contribution is 5.31. The molecule has 0 rings (SSSR count). The van der Waals surface area contributed by atoms with Gasteiger partial charge in [0, 0.05) is 6.54 Å². The smallest absolute Gasteiger partial charge is 0.270 e. The van der Waals surface area contributed by atoms with Crippen LogP contribution < -0.4 is 5.73 Å². The molecule has 5 nitrogen and oxygen atoms in total. The van der Waals surface area contributed by atoms with Crippen molar-refractivity contribution in [1.29, 1.82) is 0 Å². The van der Waals surface area contributed by atoms with Crippen molar-refractivity contribution < 1.29 is 10.0 Å². The first-order chi connectivity index (χ1) is 6.04. The van der Waals surface area contributed by atoms with Gasteiger partial charge in [-0.2, -0.15) is 0 Å². The van der Waals surface area contributed by atoms with Crippen molar-refractivity contribution in [2.45, 2.75) is 6.92 Å². The standard InChI is InChI=1S/C8H12N2O3/c1-3-4-8(11)7(5-9)6(2)10(12)13/h3-4,11H,2,5,9H2,1H3/b4-3-,8-7+. The highest BCUT2D eigenvalue weighted by Crippen LogP contribution is 2.11. The van der Waals surface area contributed by atoms with Gasteiger partial charge in [-0.15, -0.1) is 0 Å². The lowest BCUT2D eigenvalue weighted by molar-refractivity contribution is -0.420. The Kier molecular flexibility index (Phi) is 4.47. The summed E-state index contributed by atoms with van der Waals surface area (Å²) in [6.45, 7) is 4.76. The van der Waals surface area contributed by atoms with Crippen molar-refractivity contribution >= 4 is 0 Å². The Morgan fingerprint density at radius 2 is 2.31 bits per heavy atom. The summed E-state index contributed by atoms with van der Waals surface area (Å²) in [6, 6.07) is 0. The molecule has 0 heterocycles. The number of aliphatic hydroxyl groups excluding tert-OH is 1. The van der Waals surface area contributed by atoms with E-state index in [9.17, 15) is 15.2 Å². The zero-order chi connectivity index (χ0) is 10.4. The number of rotatable bonds is 4. The Balaban J connectivity index is 4.98. The van der Waals surface area contributed by atoms with E-state index in [2.05, 4.69) is 6.58 Å². The number of nitrogens with two attached hydrogens (primary N) is 1. The molecular weight excluding hydrogens is 172 g/mol. The van der Waals surface area contributed by atoms with E-state index >= 15 is 0 Å². The second-order valence-electron chi connectivity index (χ2n) is 2.27. The molecule has 72 valence electrons. The Labute approximate surface area is 76.0 Å². The van der Waals surface area contributed by atoms with Crippen molar-refractivity contribution in [2.75, 3.05) is 6.54 Å². The highest BCUT2D eigenvalue weighted by atomic mass is 16.6. The molecule has 0 radical (unpaired) electrons. The van der Waals surface area contributed by atoms with Crippen LogP contribution in [0.3, 0.4) is 0 Å². The van der Waals surface area contributed by atoms with E-state index in [4.69, 9.17) is 5.73 Å². The third kappa shape index (κ3) is 3.08. The third-order valence-corrected chi connectivity index (χ3v) is 1.41. The predicted octanol–water partition coefficient (Wildman–Crippen LogP) is 1.12. The summed E-state index contributed by atoms with van der Waals surface area (Å²) in [4.78, 5) is 9.61. The Morgan fingerprint density at radius 1 is 1.77 bits per heavy atom. The summed E-state index contributed by atoms with van der Waals surface area (Å²) in [6.07, 6.45) is 2.88. The van der Waals surface area contributed by atoms with Crippen molar-refractivity contribution in [3.63, 3.8) is 0 Å². The maximum absolute atomic E-state index is 10.3. The Morgan fingerprint density at radius 3 is 2.62 bits per heavy atom. The average Bonchev–Trinajstić information content (AvgIpc) is 2.05. The zero-order valence-electron chi connectivity index (χ0n) is 7.36. The molecule has 0 aliphatic rings. The molecule has 0 unspecified atom stereocenters. The molecule has 0 aliphatic heterocycles. The van der Waals surface area contributed by atoms with Gasteiger partial charge >= 0.3 is 0 Å². The Hall–Kier alpha value is -1.62. The van der Waals surface area contributed by atoms with Gasteiger partial charge in [0.05, 0.1) is 10.5 Å². The number of hydrogen-bond donors (Lipinski definition) is 2. The second kappa shape index (κ2) is 5.10. The van der Waals surface area contributed by atoms with Crippen molar-refractivity contribution in [1.82, 2.24) is 0 Å². The molecule has 13 heavy (non-hydrogen) atoms. The topological polar surface area (TPSA) is 89.4 Å². The quantitative estimate of drug-likeness (QED) is 0.296. The number of nitro groups is 1. The first-order valence-corrected chi connectivity index (χ1v) is 3.63. The van der Waals surface area contributed by atoms with Crippen LogP contribution in [0.25, 0.3) is 0 Å². The van der Waals surface area contributed by atoms with Gasteiger partial charge in [-0.05, 0) is 19.6 Å². The molecular formula is C8H12N2O3. The molecule has 0 aliphatic carbocycles. The average molecular weight is 184 g/mol. The molecule has 0 aromatic heterocycles. The van der Waals surface area contributed by atoms with Gasteiger partial charge in [-0.25, -0.2) is 0 Å². The van der Waals surface area contributed by atoms with Crippen LogP contribution >= 0.6 is 0 Å². The van der Waals surface area contributed by atoms with Crippen LogP contribution in [-0.4, -0.2) is 16.6 Å². The maximum atomic E-state index is 10.3. The lowest BCUT2D eigenvalue weighted by Crippen LogP contribution is -2.12. The summed E-state index contributed by atoms with van der Waals surface area (Å²) in [5, 5.41) is 19.6. The van der Waals surface area contributed by atoms with E-state index in [1.807, 2.05) is 0 Å². The highest BCUT2D eigenvalue weighted by Gasteiger charge is 2.15. The molecule has 0 aromatic rings. The van der Waals surface area contributed by atoms with Crippen molar-refractivity contribution in [3.05, 3.63) is 45.9 Å². The minimum Gasteiger partial charge on any atom is -0.507 e. The van der Waals surface area contributed by atoms with Crippen LogP contribution in [0.15, 0.2) is 35.8 Å². The monoisotopic (exact) mass is 184 g/mol. The third-order valence-electron chi connectivity index (χ3n) is 1.41. The molecule has 0 amide bonds. The predicted molar refractivity (Wildman–Crippen MR) is 49.7 cm³/mol. The fraction of sp³-hybridized carbons (Fsp3) is 0.250. The van der Waals surface area contributed by atoms with Gasteiger partial charge in [0.25, 0.3) is 5.70 Å². The van der Waals surface area contributed by atoms with E-state index in [1.54, 1.807) is 13.0 Å². The van der Waals surface area contributed by atoms with Crippen LogP contribution in [0.4, 0.5) is 0 Å². The van der Waals surface area contributed by atoms with Gasteiger partial charge in [-0.1, -0.05) is 6.08 Å². The largest absolute Gasteiger partial charge is 0.507 e. The molecule has 5 heteroatoms. The van der Waals surface area contributed by atoms with Crippen LogP contribution in [-0.2, 0) is 0 Å². The maximum Gasteiger partial charge on any atom is 0.270 e. The fourth-order valence-electron chi connectivity index (χ4n) is 0.739. The number of hydrogen-bond acceptors (Lipinski definition) is 4. The SMILES string of the molecule is C=C(/C(CN)=C(O)\C=C/C)[N+](=O)[O-]. The minimum atomic E-state index is -0.679. The Bertz CT molecular complexity index is 279. The summed E-state index contributed by atoms with van der Waals surface area (Å²) >= 11 is 0. The van der Waals surface area contributed by atoms with Crippen molar-refractivity contribution in [3.8, 4) is 0 Å². The minimum absolute atomic E-state index is 0.0445. The molecule has 0 atom stereocenters. The van der Waals surface area contributed by atoms with Crippen molar-refractivity contribution in [2.24, 2.45) is 5.73 Å². The molecule has 3 N–H and O–H groups in total. The van der Waals surface area contributed by atoms with Gasteiger partial charge < -0.3 is 10.8 Å². The van der Waals surface area contributed by atoms with E-state index in [0.717, 1.165) is 0 Å². The van der Waals surface area contributed by atoms with E-state index < -0.39 is 4.92 Å². The van der Waals surface area contributed by atoms with E-state index in [0.29, 0.717) is 0 Å². The van der Waals surface area contributed by atoms with Crippen LogP contribution in [0, 0.1) is 10.1 Å². The summed E-state index contributed by atoms with van der Waals surface area (Å²) in [5.41, 5.74) is 4.89. The van der Waals surface area contributed by atoms with E-state index in [1.165, 1.54) is 6.08 Å². The number of nitrogens with zero attached hydrogens (tertiary/aromatic N) is 1. The summed E-state index contributed by atoms with van der Waals surface area (Å²) in [5.74, 6) is -0.216. The number of allylic oxidation sites excluding steroid dienone is 2. The molecule has 0 bridgehead atoms. The van der Waals surface area contributed by atoms with Crippen LogP contribution in [0.1, 0.15) is 6.92 Å². The molecule has 0 saturated carbocycles. The van der Waals surface area contributed by atoms with Crippen LogP contribution in [0.2, 0.25) is 0 Å². The van der Waals surface area contributed by atoms with Gasteiger partial charge in [0.2, 0.25) is 0 Å². The first-order valence-electron chi connectivity index (χ1n) is 3.63. The molecule has 0 spiro atoms.